The van der Waals surface area contributed by atoms with Crippen molar-refractivity contribution in [3.05, 3.63) is 22.8 Å². The SMILES string of the molecule is Brc1cccnc1N1C2CCCC1CC2. The standard InChI is InChI=1S/C12H15BrN2/c13-11-5-2-8-14-12(11)15-9-3-1-4-10(15)7-6-9/h2,5,8-10H,1,3-4,6-7H2. The molecule has 2 nitrogen and oxygen atoms in total. The third-order valence-electron chi connectivity index (χ3n) is 3.68. The maximum absolute atomic E-state index is 4.52. The average molecular weight is 267 g/mol. The van der Waals surface area contributed by atoms with Crippen molar-refractivity contribution in [1.82, 2.24) is 4.98 Å². The molecule has 2 atom stereocenters. The summed E-state index contributed by atoms with van der Waals surface area (Å²) in [6.45, 7) is 0. The number of halogens is 1. The zero-order chi connectivity index (χ0) is 10.3. The number of hydrogen-bond acceptors (Lipinski definition) is 2. The van der Waals surface area contributed by atoms with Crippen LogP contribution in [0.15, 0.2) is 22.8 Å². The first kappa shape index (κ1) is 9.64. The van der Waals surface area contributed by atoms with E-state index in [0.717, 1.165) is 22.4 Å². The fourth-order valence-corrected chi connectivity index (χ4v) is 3.49. The summed E-state index contributed by atoms with van der Waals surface area (Å²) in [5.74, 6) is 1.16. The molecule has 0 radical (unpaired) electrons. The zero-order valence-corrected chi connectivity index (χ0v) is 10.3. The van der Waals surface area contributed by atoms with Gasteiger partial charge in [-0.2, -0.15) is 0 Å². The molecule has 1 aromatic heterocycles. The summed E-state index contributed by atoms with van der Waals surface area (Å²) in [4.78, 5) is 7.07. The normalized spacial score (nSPS) is 29.5. The molecule has 2 fully saturated rings. The Labute approximate surface area is 98.8 Å². The molecule has 3 rings (SSSR count). The third-order valence-corrected chi connectivity index (χ3v) is 4.30. The van der Waals surface area contributed by atoms with Crippen LogP contribution in [0.3, 0.4) is 0 Å². The minimum atomic E-state index is 0.745. The van der Waals surface area contributed by atoms with E-state index in [4.69, 9.17) is 0 Å². The lowest BCUT2D eigenvalue weighted by molar-refractivity contribution is 0.464. The van der Waals surface area contributed by atoms with Crippen LogP contribution in [0.25, 0.3) is 0 Å². The highest BCUT2D eigenvalue weighted by Crippen LogP contribution is 2.40. The maximum atomic E-state index is 4.52. The Morgan fingerprint density at radius 1 is 1.20 bits per heavy atom. The van der Waals surface area contributed by atoms with Gasteiger partial charge in [-0.15, -0.1) is 0 Å². The summed E-state index contributed by atoms with van der Waals surface area (Å²) in [6, 6.07) is 5.57. The van der Waals surface area contributed by atoms with Crippen molar-refractivity contribution in [3.8, 4) is 0 Å². The van der Waals surface area contributed by atoms with Crippen LogP contribution in [0.4, 0.5) is 5.82 Å². The molecule has 0 spiro atoms. The van der Waals surface area contributed by atoms with Gasteiger partial charge in [0.1, 0.15) is 5.82 Å². The van der Waals surface area contributed by atoms with Gasteiger partial charge >= 0.3 is 0 Å². The highest BCUT2D eigenvalue weighted by molar-refractivity contribution is 9.10. The van der Waals surface area contributed by atoms with Gasteiger partial charge in [-0.1, -0.05) is 0 Å². The topological polar surface area (TPSA) is 16.1 Å². The molecule has 3 heteroatoms. The Balaban J connectivity index is 1.97. The number of fused-ring (bicyclic) bond motifs is 2. The molecule has 1 aromatic rings. The van der Waals surface area contributed by atoms with Gasteiger partial charge in [0, 0.05) is 18.3 Å². The molecule has 0 aromatic carbocycles. The summed E-state index contributed by atoms with van der Waals surface area (Å²) in [5.41, 5.74) is 0. The van der Waals surface area contributed by atoms with Gasteiger partial charge in [0.2, 0.25) is 0 Å². The van der Waals surface area contributed by atoms with Gasteiger partial charge in [-0.3, -0.25) is 0 Å². The molecule has 80 valence electrons. The summed E-state index contributed by atoms with van der Waals surface area (Å²) in [6.07, 6.45) is 8.70. The minimum Gasteiger partial charge on any atom is -0.350 e. The van der Waals surface area contributed by atoms with Crippen LogP contribution in [0.1, 0.15) is 32.1 Å². The Kier molecular flexibility index (Phi) is 2.43. The zero-order valence-electron chi connectivity index (χ0n) is 8.69. The maximum Gasteiger partial charge on any atom is 0.143 e. The van der Waals surface area contributed by atoms with E-state index in [1.54, 1.807) is 0 Å². The Bertz CT molecular complexity index is 350. The first-order valence-corrected chi connectivity index (χ1v) is 6.54. The molecule has 0 saturated carbocycles. The van der Waals surface area contributed by atoms with Gasteiger partial charge in [-0.05, 0) is 60.2 Å². The van der Waals surface area contributed by atoms with E-state index in [1.165, 1.54) is 32.1 Å². The lowest BCUT2D eigenvalue weighted by atomic mass is 10.0. The molecule has 2 bridgehead atoms. The van der Waals surface area contributed by atoms with Crippen LogP contribution in [-0.2, 0) is 0 Å². The predicted molar refractivity (Wildman–Crippen MR) is 65.1 cm³/mol. The number of rotatable bonds is 1. The Morgan fingerprint density at radius 3 is 2.60 bits per heavy atom. The summed E-state index contributed by atoms with van der Waals surface area (Å²) in [5, 5.41) is 0. The molecular formula is C12H15BrN2. The fourth-order valence-electron chi connectivity index (χ4n) is 3.03. The van der Waals surface area contributed by atoms with E-state index < -0.39 is 0 Å². The first-order chi connectivity index (χ1) is 7.36. The molecule has 0 amide bonds. The molecule has 2 aliphatic heterocycles. The van der Waals surface area contributed by atoms with Crippen LogP contribution < -0.4 is 4.90 Å². The number of anilines is 1. The average Bonchev–Trinajstić information content (AvgIpc) is 2.50. The van der Waals surface area contributed by atoms with Gasteiger partial charge in [-0.25, -0.2) is 4.98 Å². The van der Waals surface area contributed by atoms with E-state index >= 15 is 0 Å². The van der Waals surface area contributed by atoms with E-state index in [1.807, 2.05) is 12.3 Å². The molecule has 2 unspecified atom stereocenters. The molecule has 2 aliphatic rings. The monoisotopic (exact) mass is 266 g/mol. The highest BCUT2D eigenvalue weighted by Gasteiger charge is 2.37. The predicted octanol–water partition coefficient (Wildman–Crippen LogP) is 3.37. The van der Waals surface area contributed by atoms with E-state index in [2.05, 4.69) is 31.9 Å². The summed E-state index contributed by atoms with van der Waals surface area (Å²) >= 11 is 3.61. The van der Waals surface area contributed by atoms with Crippen molar-refractivity contribution in [1.29, 1.82) is 0 Å². The number of hydrogen-bond donors (Lipinski definition) is 0. The van der Waals surface area contributed by atoms with Crippen molar-refractivity contribution in [2.45, 2.75) is 44.2 Å². The van der Waals surface area contributed by atoms with Gasteiger partial charge in [0.15, 0.2) is 0 Å². The van der Waals surface area contributed by atoms with Gasteiger partial charge in [0.05, 0.1) is 4.47 Å². The largest absolute Gasteiger partial charge is 0.350 e. The van der Waals surface area contributed by atoms with Crippen molar-refractivity contribution in [2.24, 2.45) is 0 Å². The van der Waals surface area contributed by atoms with Crippen LogP contribution >= 0.6 is 15.9 Å². The molecular weight excluding hydrogens is 252 g/mol. The Morgan fingerprint density at radius 2 is 1.93 bits per heavy atom. The second-order valence-electron chi connectivity index (χ2n) is 4.53. The Hall–Kier alpha value is -0.570. The molecule has 3 heterocycles. The second-order valence-corrected chi connectivity index (χ2v) is 5.39. The second kappa shape index (κ2) is 3.78. The lowest BCUT2D eigenvalue weighted by Gasteiger charge is -2.36. The first-order valence-electron chi connectivity index (χ1n) is 5.75. The number of pyridine rings is 1. The fraction of sp³-hybridized carbons (Fsp3) is 0.583. The van der Waals surface area contributed by atoms with Crippen LogP contribution in [-0.4, -0.2) is 17.1 Å². The van der Waals surface area contributed by atoms with Crippen molar-refractivity contribution >= 4 is 21.7 Å². The highest BCUT2D eigenvalue weighted by atomic mass is 79.9. The summed E-state index contributed by atoms with van der Waals surface area (Å²) < 4.78 is 1.14. The molecule has 2 saturated heterocycles. The van der Waals surface area contributed by atoms with Gasteiger partial charge < -0.3 is 4.90 Å². The van der Waals surface area contributed by atoms with E-state index in [9.17, 15) is 0 Å². The van der Waals surface area contributed by atoms with Crippen molar-refractivity contribution < 1.29 is 0 Å². The smallest absolute Gasteiger partial charge is 0.143 e. The molecule has 0 N–H and O–H groups in total. The van der Waals surface area contributed by atoms with Crippen LogP contribution in [0.5, 0.6) is 0 Å². The van der Waals surface area contributed by atoms with Crippen LogP contribution in [0, 0.1) is 0 Å². The minimum absolute atomic E-state index is 0.745. The number of aromatic nitrogens is 1. The van der Waals surface area contributed by atoms with Crippen LogP contribution in [0.2, 0.25) is 0 Å². The molecule has 15 heavy (non-hydrogen) atoms. The quantitative estimate of drug-likeness (QED) is 0.775. The lowest BCUT2D eigenvalue weighted by Crippen LogP contribution is -2.40. The van der Waals surface area contributed by atoms with E-state index in [0.29, 0.717) is 0 Å². The van der Waals surface area contributed by atoms with Crippen molar-refractivity contribution in [3.63, 3.8) is 0 Å². The number of piperidine rings is 1. The summed E-state index contributed by atoms with van der Waals surface area (Å²) in [7, 11) is 0. The van der Waals surface area contributed by atoms with Gasteiger partial charge in [0.25, 0.3) is 0 Å². The van der Waals surface area contributed by atoms with E-state index in [-0.39, 0.29) is 0 Å². The third kappa shape index (κ3) is 1.57. The van der Waals surface area contributed by atoms with Crippen molar-refractivity contribution in [2.75, 3.05) is 4.90 Å². The number of nitrogens with zero attached hydrogens (tertiary/aromatic N) is 2. The molecule has 0 aliphatic carbocycles.